The van der Waals surface area contributed by atoms with Crippen molar-refractivity contribution in [3.05, 3.63) is 77.9 Å². The highest BCUT2D eigenvalue weighted by Crippen LogP contribution is 2.18. The number of aromatic nitrogens is 2. The molecule has 1 N–H and O–H groups in total. The van der Waals surface area contributed by atoms with Gasteiger partial charge in [-0.2, -0.15) is 5.10 Å². The second-order valence-electron chi connectivity index (χ2n) is 6.17. The third-order valence-electron chi connectivity index (χ3n) is 4.09. The number of para-hydroxylation sites is 1. The van der Waals surface area contributed by atoms with Crippen LogP contribution in [0, 0.1) is 5.82 Å². The number of carbonyl (C=O) groups is 1. The Hall–Kier alpha value is -3.04. The molecule has 146 valence electrons. The molecule has 1 amide bonds. The second-order valence-corrected chi connectivity index (χ2v) is 8.30. The lowest BCUT2D eigenvalue weighted by atomic mass is 10.2. The van der Waals surface area contributed by atoms with E-state index in [0.717, 1.165) is 4.31 Å². The lowest BCUT2D eigenvalue weighted by Gasteiger charge is -2.15. The fraction of sp³-hybridized carbons (Fsp3) is 0.158. The van der Waals surface area contributed by atoms with Crippen LogP contribution in [0.1, 0.15) is 16.1 Å². The van der Waals surface area contributed by atoms with Crippen LogP contribution in [0.5, 0.6) is 0 Å². The monoisotopic (exact) mass is 402 g/mol. The van der Waals surface area contributed by atoms with Crippen LogP contribution in [0.15, 0.2) is 65.7 Å². The number of halogens is 1. The Labute approximate surface area is 162 Å². The molecule has 0 fully saturated rings. The first-order chi connectivity index (χ1) is 13.3. The Balaban J connectivity index is 1.77. The Bertz CT molecular complexity index is 1110. The summed E-state index contributed by atoms with van der Waals surface area (Å²) in [5.41, 5.74) is 0.776. The molecule has 1 heterocycles. The molecule has 0 spiro atoms. The molecule has 3 aromatic rings. The average Bonchev–Trinajstić information content (AvgIpc) is 3.16. The fourth-order valence-corrected chi connectivity index (χ4v) is 3.70. The van der Waals surface area contributed by atoms with E-state index in [9.17, 15) is 17.6 Å². The highest BCUT2D eigenvalue weighted by atomic mass is 32.2. The molecule has 2 aromatic carbocycles. The Kier molecular flexibility index (Phi) is 5.57. The van der Waals surface area contributed by atoms with E-state index in [1.165, 1.54) is 43.2 Å². The van der Waals surface area contributed by atoms with Crippen LogP contribution in [0.2, 0.25) is 0 Å². The number of benzene rings is 2. The molecule has 9 heteroatoms. The molecule has 0 atom stereocenters. The van der Waals surface area contributed by atoms with Crippen molar-refractivity contribution in [2.24, 2.45) is 0 Å². The van der Waals surface area contributed by atoms with E-state index in [0.29, 0.717) is 5.56 Å². The third-order valence-corrected chi connectivity index (χ3v) is 6.01. The number of rotatable bonds is 6. The molecule has 0 bridgehead atoms. The number of nitrogens with one attached hydrogen (secondary N) is 1. The van der Waals surface area contributed by atoms with Crippen LogP contribution in [0.3, 0.4) is 0 Å². The lowest BCUT2D eigenvalue weighted by Crippen LogP contribution is -2.27. The molecule has 0 saturated heterocycles. The Morgan fingerprint density at radius 3 is 2.50 bits per heavy atom. The van der Waals surface area contributed by atoms with Crippen LogP contribution < -0.4 is 5.32 Å². The summed E-state index contributed by atoms with van der Waals surface area (Å²) < 4.78 is 41.1. The van der Waals surface area contributed by atoms with Crippen LogP contribution in [-0.4, -0.2) is 42.5 Å². The van der Waals surface area contributed by atoms with Crippen molar-refractivity contribution < 1.29 is 17.6 Å². The standard InChI is InChI=1S/C19H19FN4O3S/c1-23(2)28(26,27)18-10-6-3-7-14(18)13-21-19(25)16-11-12-24(22-16)17-9-5-4-8-15(17)20/h3-12H,13H2,1-2H3,(H,21,25). The predicted molar refractivity (Wildman–Crippen MR) is 102 cm³/mol. The minimum absolute atomic E-state index is 0.00857. The molecule has 0 radical (unpaired) electrons. The maximum absolute atomic E-state index is 13.9. The minimum atomic E-state index is -3.64. The normalized spacial score (nSPS) is 11.6. The zero-order valence-corrected chi connectivity index (χ0v) is 16.1. The van der Waals surface area contributed by atoms with E-state index >= 15 is 0 Å². The topological polar surface area (TPSA) is 84.3 Å². The second kappa shape index (κ2) is 7.91. The van der Waals surface area contributed by atoms with Gasteiger partial charge in [-0.25, -0.2) is 21.8 Å². The SMILES string of the molecule is CN(C)S(=O)(=O)c1ccccc1CNC(=O)c1ccn(-c2ccccc2F)n1. The maximum atomic E-state index is 13.9. The van der Waals surface area contributed by atoms with Gasteiger partial charge in [-0.15, -0.1) is 0 Å². The fourth-order valence-electron chi connectivity index (χ4n) is 2.58. The molecule has 28 heavy (non-hydrogen) atoms. The zero-order chi connectivity index (χ0) is 20.3. The van der Waals surface area contributed by atoms with Crippen molar-refractivity contribution >= 4 is 15.9 Å². The van der Waals surface area contributed by atoms with Crippen molar-refractivity contribution in [3.8, 4) is 5.69 Å². The molecule has 7 nitrogen and oxygen atoms in total. The van der Waals surface area contributed by atoms with Crippen molar-refractivity contribution in [1.29, 1.82) is 0 Å². The first kappa shape index (κ1) is 19.7. The van der Waals surface area contributed by atoms with Gasteiger partial charge in [0.05, 0.1) is 4.90 Å². The number of carbonyl (C=O) groups excluding carboxylic acids is 1. The van der Waals surface area contributed by atoms with Gasteiger partial charge in [0, 0.05) is 26.8 Å². The lowest BCUT2D eigenvalue weighted by molar-refractivity contribution is 0.0945. The van der Waals surface area contributed by atoms with Gasteiger partial charge in [0.25, 0.3) is 5.91 Å². The molecule has 0 aliphatic heterocycles. The van der Waals surface area contributed by atoms with Gasteiger partial charge in [0.2, 0.25) is 10.0 Å². The average molecular weight is 402 g/mol. The first-order valence-electron chi connectivity index (χ1n) is 8.40. The quantitative estimate of drug-likeness (QED) is 0.685. The molecule has 1 aromatic heterocycles. The summed E-state index contributed by atoms with van der Waals surface area (Å²) in [4.78, 5) is 12.5. The predicted octanol–water partition coefficient (Wildman–Crippen LogP) is 2.19. The van der Waals surface area contributed by atoms with E-state index in [1.54, 1.807) is 36.4 Å². The summed E-state index contributed by atoms with van der Waals surface area (Å²) in [5, 5.41) is 6.75. The summed E-state index contributed by atoms with van der Waals surface area (Å²) in [5.74, 6) is -0.951. The van der Waals surface area contributed by atoms with Crippen LogP contribution in [0.25, 0.3) is 5.69 Å². The molecular formula is C19H19FN4O3S. The zero-order valence-electron chi connectivity index (χ0n) is 15.3. The van der Waals surface area contributed by atoms with Crippen molar-refractivity contribution in [2.75, 3.05) is 14.1 Å². The van der Waals surface area contributed by atoms with Crippen LogP contribution in [-0.2, 0) is 16.6 Å². The number of sulfonamides is 1. The van der Waals surface area contributed by atoms with E-state index in [-0.39, 0.29) is 22.8 Å². The molecule has 0 unspecified atom stereocenters. The van der Waals surface area contributed by atoms with Gasteiger partial charge >= 0.3 is 0 Å². The van der Waals surface area contributed by atoms with Gasteiger partial charge in [-0.1, -0.05) is 30.3 Å². The summed E-state index contributed by atoms with van der Waals surface area (Å²) >= 11 is 0. The molecular weight excluding hydrogens is 383 g/mol. The first-order valence-corrected chi connectivity index (χ1v) is 9.84. The van der Waals surface area contributed by atoms with Gasteiger partial charge < -0.3 is 5.32 Å². The van der Waals surface area contributed by atoms with Crippen molar-refractivity contribution in [2.45, 2.75) is 11.4 Å². The van der Waals surface area contributed by atoms with Crippen LogP contribution in [0.4, 0.5) is 4.39 Å². The smallest absolute Gasteiger partial charge is 0.272 e. The number of hydrogen-bond donors (Lipinski definition) is 1. The van der Waals surface area contributed by atoms with Gasteiger partial charge in [0.15, 0.2) is 5.69 Å². The molecule has 0 aliphatic rings. The maximum Gasteiger partial charge on any atom is 0.272 e. The van der Waals surface area contributed by atoms with Crippen LogP contribution >= 0.6 is 0 Å². The number of amides is 1. The van der Waals surface area contributed by atoms with E-state index < -0.39 is 21.7 Å². The summed E-state index contributed by atoms with van der Waals surface area (Å²) in [6.45, 7) is 0.00857. The largest absolute Gasteiger partial charge is 0.347 e. The number of nitrogens with zero attached hydrogens (tertiary/aromatic N) is 3. The summed E-state index contributed by atoms with van der Waals surface area (Å²) in [6.07, 6.45) is 1.48. The van der Waals surface area contributed by atoms with Crippen molar-refractivity contribution in [1.82, 2.24) is 19.4 Å². The van der Waals surface area contributed by atoms with Gasteiger partial charge in [-0.3, -0.25) is 4.79 Å². The molecule has 3 rings (SSSR count). The highest BCUT2D eigenvalue weighted by molar-refractivity contribution is 7.89. The van der Waals surface area contributed by atoms with E-state index in [4.69, 9.17) is 0 Å². The molecule has 0 aliphatic carbocycles. The highest BCUT2D eigenvalue weighted by Gasteiger charge is 2.21. The van der Waals surface area contributed by atoms with E-state index in [2.05, 4.69) is 10.4 Å². The summed E-state index contributed by atoms with van der Waals surface area (Å²) in [6, 6.07) is 14.0. The Morgan fingerprint density at radius 1 is 1.11 bits per heavy atom. The number of hydrogen-bond acceptors (Lipinski definition) is 4. The third kappa shape index (κ3) is 3.95. The minimum Gasteiger partial charge on any atom is -0.347 e. The summed E-state index contributed by atoms with van der Waals surface area (Å²) in [7, 11) is -0.747. The van der Waals surface area contributed by atoms with E-state index in [1.807, 2.05) is 0 Å². The van der Waals surface area contributed by atoms with Gasteiger partial charge in [0.1, 0.15) is 11.5 Å². The van der Waals surface area contributed by atoms with Crippen molar-refractivity contribution in [3.63, 3.8) is 0 Å². The van der Waals surface area contributed by atoms with Gasteiger partial charge in [-0.05, 0) is 29.8 Å². The Morgan fingerprint density at radius 2 is 1.79 bits per heavy atom. The molecule has 0 saturated carbocycles.